The summed E-state index contributed by atoms with van der Waals surface area (Å²) >= 11 is 0. The molecule has 0 spiro atoms. The molecule has 1 aromatic heterocycles. The van der Waals surface area contributed by atoms with Crippen molar-refractivity contribution in [2.75, 3.05) is 0 Å². The molecule has 1 heterocycles. The summed E-state index contributed by atoms with van der Waals surface area (Å²) in [5.41, 5.74) is 7.73. The van der Waals surface area contributed by atoms with Crippen LogP contribution in [-0.2, 0) is 11.3 Å². The van der Waals surface area contributed by atoms with Gasteiger partial charge >= 0.3 is 0 Å². The molecule has 1 aromatic rings. The van der Waals surface area contributed by atoms with Crippen LogP contribution >= 0.6 is 12.4 Å². The van der Waals surface area contributed by atoms with Gasteiger partial charge in [0.15, 0.2) is 5.78 Å². The Bertz CT molecular complexity index is 489. The molecule has 1 rings (SSSR count). The number of pyridine rings is 1. The molecule has 112 valence electrons. The lowest BCUT2D eigenvalue weighted by Crippen LogP contribution is -2.43. The maximum Gasteiger partial charge on any atom is 0.237 e. The number of aryl methyl sites for hydroxylation is 1. The van der Waals surface area contributed by atoms with Crippen molar-refractivity contribution in [3.8, 4) is 0 Å². The molecule has 0 fully saturated rings. The van der Waals surface area contributed by atoms with Gasteiger partial charge in [-0.1, -0.05) is 13.8 Å². The van der Waals surface area contributed by atoms with Crippen molar-refractivity contribution < 1.29 is 9.59 Å². The third kappa shape index (κ3) is 4.90. The highest BCUT2D eigenvalue weighted by atomic mass is 35.5. The van der Waals surface area contributed by atoms with Gasteiger partial charge in [-0.15, -0.1) is 12.4 Å². The van der Waals surface area contributed by atoms with Gasteiger partial charge in [-0.2, -0.15) is 0 Å². The zero-order chi connectivity index (χ0) is 14.6. The summed E-state index contributed by atoms with van der Waals surface area (Å²) in [6.45, 7) is 7.40. The van der Waals surface area contributed by atoms with Crippen molar-refractivity contribution in [1.29, 1.82) is 0 Å². The summed E-state index contributed by atoms with van der Waals surface area (Å²) in [7, 11) is 0. The number of aromatic nitrogens is 1. The molecule has 3 N–H and O–H groups in total. The molecule has 0 aromatic carbocycles. The first-order valence-electron chi connectivity index (χ1n) is 6.33. The van der Waals surface area contributed by atoms with Crippen molar-refractivity contribution in [1.82, 2.24) is 10.3 Å². The van der Waals surface area contributed by atoms with Crippen LogP contribution in [0.15, 0.2) is 12.1 Å². The molecule has 0 aliphatic heterocycles. The van der Waals surface area contributed by atoms with Gasteiger partial charge in [0.2, 0.25) is 5.91 Å². The van der Waals surface area contributed by atoms with Crippen LogP contribution < -0.4 is 11.1 Å². The highest BCUT2D eigenvalue weighted by Gasteiger charge is 2.16. The average molecular weight is 300 g/mol. The molecular weight excluding hydrogens is 278 g/mol. The van der Waals surface area contributed by atoms with Crippen LogP contribution in [0, 0.1) is 12.8 Å². The first kappa shape index (κ1) is 18.5. The second kappa shape index (κ2) is 7.97. The third-order valence-corrected chi connectivity index (χ3v) is 2.99. The summed E-state index contributed by atoms with van der Waals surface area (Å²) in [5, 5.41) is 2.74. The second-order valence-electron chi connectivity index (χ2n) is 4.98. The van der Waals surface area contributed by atoms with Gasteiger partial charge < -0.3 is 11.1 Å². The number of carbonyl (C=O) groups is 2. The highest BCUT2D eigenvalue weighted by Crippen LogP contribution is 2.08. The van der Waals surface area contributed by atoms with Gasteiger partial charge in [0.05, 0.1) is 18.3 Å². The number of rotatable bonds is 5. The van der Waals surface area contributed by atoms with E-state index >= 15 is 0 Å². The molecule has 0 aliphatic rings. The van der Waals surface area contributed by atoms with Gasteiger partial charge in [0.25, 0.3) is 0 Å². The summed E-state index contributed by atoms with van der Waals surface area (Å²) < 4.78 is 0. The number of nitrogens with zero attached hydrogens (tertiary/aromatic N) is 1. The fourth-order valence-corrected chi connectivity index (χ4v) is 1.68. The van der Waals surface area contributed by atoms with E-state index in [0.717, 1.165) is 0 Å². The Morgan fingerprint density at radius 1 is 1.35 bits per heavy atom. The van der Waals surface area contributed by atoms with Crippen molar-refractivity contribution >= 4 is 24.1 Å². The van der Waals surface area contributed by atoms with Crippen LogP contribution in [0.1, 0.15) is 42.5 Å². The first-order chi connectivity index (χ1) is 8.82. The van der Waals surface area contributed by atoms with E-state index in [2.05, 4.69) is 10.3 Å². The lowest BCUT2D eigenvalue weighted by atomic mass is 10.1. The molecule has 20 heavy (non-hydrogen) atoms. The van der Waals surface area contributed by atoms with Crippen LogP contribution in [0.4, 0.5) is 0 Å². The molecule has 0 unspecified atom stereocenters. The first-order valence-corrected chi connectivity index (χ1v) is 6.33. The van der Waals surface area contributed by atoms with E-state index in [1.54, 1.807) is 19.1 Å². The number of Topliss-reactive ketones (excluding diaryl/α,β-unsaturated/α-hetero) is 1. The maximum atomic E-state index is 11.7. The normalized spacial score (nSPS) is 11.7. The largest absolute Gasteiger partial charge is 0.349 e. The molecule has 5 nitrogen and oxygen atoms in total. The number of carbonyl (C=O) groups excluding carboxylic acids is 2. The quantitative estimate of drug-likeness (QED) is 0.809. The van der Waals surface area contributed by atoms with Crippen molar-refractivity contribution in [2.45, 2.75) is 40.3 Å². The second-order valence-corrected chi connectivity index (χ2v) is 4.98. The Hall–Kier alpha value is -1.46. The fraction of sp³-hybridized carbons (Fsp3) is 0.500. The van der Waals surface area contributed by atoms with Gasteiger partial charge in [-0.25, -0.2) is 0 Å². The predicted molar refractivity (Wildman–Crippen MR) is 80.9 cm³/mol. The zero-order valence-corrected chi connectivity index (χ0v) is 13.1. The topological polar surface area (TPSA) is 85.1 Å². The van der Waals surface area contributed by atoms with Crippen LogP contribution in [-0.4, -0.2) is 22.7 Å². The molecule has 0 aliphatic carbocycles. The molecule has 0 bridgehead atoms. The van der Waals surface area contributed by atoms with Gasteiger partial charge in [-0.05, 0) is 31.9 Å². The monoisotopic (exact) mass is 299 g/mol. The summed E-state index contributed by atoms with van der Waals surface area (Å²) in [5.74, 6) is -0.109. The number of nitrogens with two attached hydrogens (primary N) is 1. The summed E-state index contributed by atoms with van der Waals surface area (Å²) in [4.78, 5) is 27.3. The molecule has 1 atom stereocenters. The lowest BCUT2D eigenvalue weighted by molar-refractivity contribution is -0.123. The smallest absolute Gasteiger partial charge is 0.237 e. The van der Waals surface area contributed by atoms with E-state index in [1.165, 1.54) is 6.92 Å². The van der Waals surface area contributed by atoms with Gasteiger partial charge in [0.1, 0.15) is 0 Å². The number of hydrogen-bond acceptors (Lipinski definition) is 4. The van der Waals surface area contributed by atoms with Crippen molar-refractivity contribution in [3.63, 3.8) is 0 Å². The molecule has 0 radical (unpaired) electrons. The SMILES string of the molecule is CC(=O)c1ccc(CNC(=O)[C@@H](N)C(C)C)nc1C.Cl. The number of nitrogens with one attached hydrogen (secondary N) is 1. The highest BCUT2D eigenvalue weighted by molar-refractivity contribution is 5.95. The molecule has 6 heteroatoms. The van der Waals surface area contributed by atoms with Gasteiger partial charge in [-0.3, -0.25) is 14.6 Å². The van der Waals surface area contributed by atoms with Crippen molar-refractivity contribution in [3.05, 3.63) is 29.1 Å². The van der Waals surface area contributed by atoms with E-state index < -0.39 is 6.04 Å². The molecule has 1 amide bonds. The van der Waals surface area contributed by atoms with E-state index in [4.69, 9.17) is 5.73 Å². The summed E-state index contributed by atoms with van der Waals surface area (Å²) in [6.07, 6.45) is 0. The lowest BCUT2D eigenvalue weighted by Gasteiger charge is -2.15. The third-order valence-electron chi connectivity index (χ3n) is 2.99. The minimum atomic E-state index is -0.516. The minimum absolute atomic E-state index is 0. The van der Waals surface area contributed by atoms with Crippen molar-refractivity contribution in [2.24, 2.45) is 11.7 Å². The maximum absolute atomic E-state index is 11.7. The Morgan fingerprint density at radius 3 is 2.40 bits per heavy atom. The van der Waals surface area contributed by atoms with E-state index in [-0.39, 0.29) is 30.0 Å². The zero-order valence-electron chi connectivity index (χ0n) is 12.3. The van der Waals surface area contributed by atoms with E-state index in [1.807, 2.05) is 13.8 Å². The fourth-order valence-electron chi connectivity index (χ4n) is 1.68. The van der Waals surface area contributed by atoms with E-state index in [9.17, 15) is 9.59 Å². The van der Waals surface area contributed by atoms with Crippen LogP contribution in [0.2, 0.25) is 0 Å². The number of ketones is 1. The van der Waals surface area contributed by atoms with Crippen LogP contribution in [0.3, 0.4) is 0 Å². The Labute approximate surface area is 125 Å². The summed E-state index contributed by atoms with van der Waals surface area (Å²) in [6, 6.07) is 2.96. The Balaban J connectivity index is 0.00000361. The molecule has 0 saturated heterocycles. The minimum Gasteiger partial charge on any atom is -0.349 e. The van der Waals surface area contributed by atoms with Gasteiger partial charge in [0, 0.05) is 11.3 Å². The number of halogens is 1. The predicted octanol–water partition coefficient (Wildman–Crippen LogP) is 1.61. The molecular formula is C14H22ClN3O2. The Kier molecular flexibility index (Phi) is 7.39. The van der Waals surface area contributed by atoms with Crippen LogP contribution in [0.5, 0.6) is 0 Å². The van der Waals surface area contributed by atoms with E-state index in [0.29, 0.717) is 23.5 Å². The molecule has 0 saturated carbocycles. The Morgan fingerprint density at radius 2 is 1.95 bits per heavy atom. The van der Waals surface area contributed by atoms with Crippen LogP contribution in [0.25, 0.3) is 0 Å². The number of hydrogen-bond donors (Lipinski definition) is 2. The number of amides is 1. The standard InChI is InChI=1S/C14H21N3O2.ClH/c1-8(2)13(15)14(19)16-7-11-5-6-12(10(4)18)9(3)17-11;/h5-6,8,13H,7,15H2,1-4H3,(H,16,19);1H/t13-;/m0./s1. The average Bonchev–Trinajstić information content (AvgIpc) is 2.34.